The fourth-order valence-electron chi connectivity index (χ4n) is 3.45. The summed E-state index contributed by atoms with van der Waals surface area (Å²) in [5, 5.41) is 21.4. The highest BCUT2D eigenvalue weighted by Gasteiger charge is 2.19. The van der Waals surface area contributed by atoms with Gasteiger partial charge in [-0.05, 0) is 43.7 Å². The summed E-state index contributed by atoms with van der Waals surface area (Å²) < 4.78 is 20.6. The number of aromatic nitrogens is 4. The second-order valence-corrected chi connectivity index (χ2v) is 11.0. The van der Waals surface area contributed by atoms with Crippen molar-refractivity contribution in [2.24, 2.45) is 0 Å². The normalized spacial score (nSPS) is 11.9. The molecule has 10 heteroatoms. The highest BCUT2D eigenvalue weighted by atomic mass is 32.2. The number of hydrogen-bond donors (Lipinski definition) is 3. The number of nitrogens with two attached hydrogens (primary N) is 1. The van der Waals surface area contributed by atoms with Gasteiger partial charge in [0.1, 0.15) is 5.82 Å². The number of aliphatic hydroxyl groups is 1. The molecule has 2 aromatic heterocycles. The van der Waals surface area contributed by atoms with Crippen LogP contribution in [-0.4, -0.2) is 42.7 Å². The van der Waals surface area contributed by atoms with E-state index in [0.717, 1.165) is 11.1 Å². The Kier molecular flexibility index (Phi) is 7.67. The second kappa shape index (κ2) is 10.7. The molecule has 188 valence electrons. The lowest BCUT2D eigenvalue weighted by Crippen LogP contribution is -2.34. The molecule has 4 aromatic rings. The summed E-state index contributed by atoms with van der Waals surface area (Å²) in [5.74, 6) is -0.297. The quantitative estimate of drug-likeness (QED) is 0.270. The van der Waals surface area contributed by atoms with Gasteiger partial charge >= 0.3 is 0 Å². The van der Waals surface area contributed by atoms with E-state index in [-0.39, 0.29) is 28.9 Å². The van der Waals surface area contributed by atoms with Gasteiger partial charge in [0.05, 0.1) is 23.1 Å². The molecule has 0 saturated carbocycles. The summed E-state index contributed by atoms with van der Waals surface area (Å²) in [6.45, 7) is 8.48. The molecule has 2 heterocycles. The lowest BCUT2D eigenvalue weighted by molar-refractivity contribution is 0.0795. The molecule has 0 radical (unpaired) electrons. The molecule has 4 rings (SSSR count). The number of nitrogen functional groups attached to an aromatic ring is 1. The van der Waals surface area contributed by atoms with E-state index < -0.39 is 11.4 Å². The first-order chi connectivity index (χ1) is 17.1. The van der Waals surface area contributed by atoms with E-state index in [1.807, 2.05) is 24.3 Å². The Labute approximate surface area is 213 Å². The van der Waals surface area contributed by atoms with Crippen molar-refractivity contribution >= 4 is 17.6 Å². The van der Waals surface area contributed by atoms with Crippen LogP contribution in [0.4, 0.5) is 10.2 Å². The van der Waals surface area contributed by atoms with Crippen LogP contribution in [0.25, 0.3) is 34.3 Å². The Balaban J connectivity index is 1.54. The fraction of sp³-hybridized carbons (Fsp3) is 0.308. The van der Waals surface area contributed by atoms with Crippen LogP contribution in [0.15, 0.2) is 58.0 Å². The molecule has 0 saturated heterocycles. The molecular weight excluding hydrogens is 479 g/mol. The van der Waals surface area contributed by atoms with Crippen molar-refractivity contribution in [1.82, 2.24) is 25.5 Å². The van der Waals surface area contributed by atoms with Gasteiger partial charge in [0.25, 0.3) is 11.8 Å². The third kappa shape index (κ3) is 6.45. The topological polar surface area (TPSA) is 123 Å². The minimum absolute atomic E-state index is 0.0140. The van der Waals surface area contributed by atoms with Crippen LogP contribution in [-0.2, 0) is 6.54 Å². The summed E-state index contributed by atoms with van der Waals surface area (Å²) >= 11 is 1.78. The Morgan fingerprint density at radius 2 is 1.83 bits per heavy atom. The van der Waals surface area contributed by atoms with E-state index in [0.29, 0.717) is 24.0 Å². The number of benzene rings is 2. The Morgan fingerprint density at radius 1 is 1.11 bits per heavy atom. The number of thioether (sulfide) groups is 1. The van der Waals surface area contributed by atoms with E-state index in [4.69, 9.17) is 10.2 Å². The SMILES string of the molecule is CC(C)Sc1ccc(-c2cnc(N)c(-c3nnc(-c4ccc(CNCC(C)(C)O)cc4F)o3)n2)cc1. The summed E-state index contributed by atoms with van der Waals surface area (Å²) in [6.07, 6.45) is 1.59. The van der Waals surface area contributed by atoms with Gasteiger partial charge in [-0.15, -0.1) is 22.0 Å². The first-order valence-corrected chi connectivity index (χ1v) is 12.4. The predicted molar refractivity (Wildman–Crippen MR) is 140 cm³/mol. The number of hydrogen-bond acceptors (Lipinski definition) is 9. The van der Waals surface area contributed by atoms with Crippen LogP contribution >= 0.6 is 11.8 Å². The second-order valence-electron chi connectivity index (χ2n) is 9.32. The van der Waals surface area contributed by atoms with E-state index >= 15 is 0 Å². The van der Waals surface area contributed by atoms with Crippen molar-refractivity contribution in [1.29, 1.82) is 0 Å². The van der Waals surface area contributed by atoms with Crippen LogP contribution in [0.1, 0.15) is 33.3 Å². The molecule has 0 unspecified atom stereocenters. The largest absolute Gasteiger partial charge is 0.414 e. The first-order valence-electron chi connectivity index (χ1n) is 11.5. The lowest BCUT2D eigenvalue weighted by Gasteiger charge is -2.17. The van der Waals surface area contributed by atoms with Crippen LogP contribution in [0, 0.1) is 5.82 Å². The Bertz CT molecular complexity index is 1340. The molecule has 0 atom stereocenters. The summed E-state index contributed by atoms with van der Waals surface area (Å²) in [6, 6.07) is 12.8. The molecule has 0 aliphatic rings. The van der Waals surface area contributed by atoms with E-state index in [1.54, 1.807) is 43.9 Å². The summed E-state index contributed by atoms with van der Waals surface area (Å²) in [5.41, 5.74) is 7.80. The predicted octanol–water partition coefficient (Wildman–Crippen LogP) is 4.94. The van der Waals surface area contributed by atoms with Gasteiger partial charge < -0.3 is 20.6 Å². The molecule has 0 aliphatic heterocycles. The molecule has 4 N–H and O–H groups in total. The fourth-order valence-corrected chi connectivity index (χ4v) is 4.29. The Hall–Kier alpha value is -3.34. The standard InChI is InChI=1S/C26H29FN6O2S/c1-15(2)36-18-8-6-17(7-9-18)21-13-30-23(28)22(31-21)25-33-32-24(35-25)19-10-5-16(11-20(19)27)12-29-14-26(3,4)34/h5-11,13,15,29,34H,12,14H2,1-4H3,(H2,28,30). The van der Waals surface area contributed by atoms with Crippen molar-refractivity contribution in [3.05, 3.63) is 60.0 Å². The minimum Gasteiger partial charge on any atom is -0.414 e. The number of halogens is 1. The first kappa shape index (κ1) is 25.7. The molecular formula is C26H29FN6O2S. The van der Waals surface area contributed by atoms with Gasteiger partial charge in [-0.1, -0.05) is 32.0 Å². The monoisotopic (exact) mass is 508 g/mol. The van der Waals surface area contributed by atoms with Crippen molar-refractivity contribution in [2.75, 3.05) is 12.3 Å². The van der Waals surface area contributed by atoms with Crippen molar-refractivity contribution in [2.45, 2.75) is 50.0 Å². The van der Waals surface area contributed by atoms with Crippen molar-refractivity contribution < 1.29 is 13.9 Å². The number of nitrogens with one attached hydrogen (secondary N) is 1. The zero-order chi connectivity index (χ0) is 25.9. The van der Waals surface area contributed by atoms with E-state index in [1.165, 1.54) is 11.0 Å². The van der Waals surface area contributed by atoms with Crippen LogP contribution in [0.3, 0.4) is 0 Å². The molecule has 0 aliphatic carbocycles. The average Bonchev–Trinajstić information content (AvgIpc) is 3.28. The minimum atomic E-state index is -0.850. The van der Waals surface area contributed by atoms with Gasteiger partial charge in [-0.3, -0.25) is 0 Å². The lowest BCUT2D eigenvalue weighted by atomic mass is 10.1. The Morgan fingerprint density at radius 3 is 2.50 bits per heavy atom. The van der Waals surface area contributed by atoms with Crippen LogP contribution < -0.4 is 11.1 Å². The number of anilines is 1. The van der Waals surface area contributed by atoms with Gasteiger partial charge in [0, 0.05) is 28.8 Å². The van der Waals surface area contributed by atoms with E-state index in [2.05, 4.69) is 39.3 Å². The molecule has 0 fully saturated rings. The van der Waals surface area contributed by atoms with Gasteiger partial charge in [0.15, 0.2) is 11.5 Å². The van der Waals surface area contributed by atoms with Crippen LogP contribution in [0.5, 0.6) is 0 Å². The highest BCUT2D eigenvalue weighted by Crippen LogP contribution is 2.30. The van der Waals surface area contributed by atoms with Crippen molar-refractivity contribution in [3.8, 4) is 34.3 Å². The van der Waals surface area contributed by atoms with Gasteiger partial charge in [0.2, 0.25) is 0 Å². The summed E-state index contributed by atoms with van der Waals surface area (Å²) in [7, 11) is 0. The average molecular weight is 509 g/mol. The molecule has 8 nitrogen and oxygen atoms in total. The zero-order valence-electron chi connectivity index (χ0n) is 20.6. The maximum Gasteiger partial charge on any atom is 0.270 e. The number of rotatable bonds is 9. The molecule has 36 heavy (non-hydrogen) atoms. The zero-order valence-corrected chi connectivity index (χ0v) is 21.4. The number of nitrogens with zero attached hydrogens (tertiary/aromatic N) is 4. The third-order valence-electron chi connectivity index (χ3n) is 5.10. The smallest absolute Gasteiger partial charge is 0.270 e. The maximum atomic E-state index is 14.8. The van der Waals surface area contributed by atoms with Crippen LogP contribution in [0.2, 0.25) is 0 Å². The van der Waals surface area contributed by atoms with E-state index in [9.17, 15) is 9.50 Å². The molecule has 0 bridgehead atoms. The maximum absolute atomic E-state index is 14.8. The van der Waals surface area contributed by atoms with Gasteiger partial charge in [-0.25, -0.2) is 14.4 Å². The molecule has 2 aromatic carbocycles. The summed E-state index contributed by atoms with van der Waals surface area (Å²) in [4.78, 5) is 10.00. The van der Waals surface area contributed by atoms with Gasteiger partial charge in [-0.2, -0.15) is 0 Å². The molecule has 0 amide bonds. The third-order valence-corrected chi connectivity index (χ3v) is 6.12. The molecule has 0 spiro atoms. The highest BCUT2D eigenvalue weighted by molar-refractivity contribution is 7.99. The van der Waals surface area contributed by atoms with Crippen molar-refractivity contribution in [3.63, 3.8) is 0 Å².